The Balaban J connectivity index is 1.90. The Morgan fingerprint density at radius 2 is 2.00 bits per heavy atom. The first-order chi connectivity index (χ1) is 10.6. The zero-order valence-electron chi connectivity index (χ0n) is 12.3. The summed E-state index contributed by atoms with van der Waals surface area (Å²) < 4.78 is 1.50. The van der Waals surface area contributed by atoms with E-state index in [1.165, 1.54) is 21.9 Å². The Labute approximate surface area is 131 Å². The minimum absolute atomic E-state index is 0.0642. The molecule has 0 aliphatic carbocycles. The predicted octanol–water partition coefficient (Wildman–Crippen LogP) is 2.30. The van der Waals surface area contributed by atoms with E-state index in [2.05, 4.69) is 10.3 Å². The van der Waals surface area contributed by atoms with Crippen molar-refractivity contribution in [3.8, 4) is 0 Å². The molecule has 0 aliphatic heterocycles. The molecule has 0 bridgehead atoms. The number of aromatic nitrogens is 2. The molecule has 2 aromatic heterocycles. The minimum Gasteiger partial charge on any atom is -0.348 e. The van der Waals surface area contributed by atoms with Crippen molar-refractivity contribution in [1.29, 1.82) is 0 Å². The molecule has 3 rings (SSSR count). The van der Waals surface area contributed by atoms with Crippen LogP contribution in [0.25, 0.3) is 4.96 Å². The molecular formula is C16H15N3O2S. The second-order valence-electron chi connectivity index (χ2n) is 5.01. The van der Waals surface area contributed by atoms with E-state index < -0.39 is 5.91 Å². The first-order valence-corrected chi connectivity index (χ1v) is 7.69. The normalized spacial score (nSPS) is 10.8. The molecule has 0 fully saturated rings. The Kier molecular flexibility index (Phi) is 3.77. The summed E-state index contributed by atoms with van der Waals surface area (Å²) in [6.45, 7) is 4.17. The summed E-state index contributed by atoms with van der Waals surface area (Å²) >= 11 is 1.44. The van der Waals surface area contributed by atoms with Gasteiger partial charge in [0.1, 0.15) is 5.56 Å². The van der Waals surface area contributed by atoms with E-state index in [0.29, 0.717) is 11.5 Å². The number of thiazole rings is 1. The first kappa shape index (κ1) is 14.5. The van der Waals surface area contributed by atoms with Crippen LogP contribution in [-0.2, 0) is 6.54 Å². The fourth-order valence-corrected chi connectivity index (χ4v) is 3.13. The standard InChI is InChI=1S/C16H15N3O2S/c1-10-11(2)22-16-18-9-13(15(21)19(10)16)14(20)17-8-12-6-4-3-5-7-12/h3-7,9H,8H2,1-2H3,(H,17,20). The molecule has 0 radical (unpaired) electrons. The lowest BCUT2D eigenvalue weighted by Crippen LogP contribution is -2.31. The molecule has 0 spiro atoms. The Morgan fingerprint density at radius 1 is 1.27 bits per heavy atom. The number of nitrogens with one attached hydrogen (secondary N) is 1. The number of amides is 1. The fourth-order valence-electron chi connectivity index (χ4n) is 2.21. The zero-order valence-corrected chi connectivity index (χ0v) is 13.1. The third-order valence-corrected chi connectivity index (χ3v) is 4.63. The topological polar surface area (TPSA) is 63.5 Å². The summed E-state index contributed by atoms with van der Waals surface area (Å²) in [6, 6.07) is 9.56. The van der Waals surface area contributed by atoms with Gasteiger partial charge >= 0.3 is 0 Å². The number of hydrogen-bond acceptors (Lipinski definition) is 4. The average Bonchev–Trinajstić information content (AvgIpc) is 2.82. The zero-order chi connectivity index (χ0) is 15.7. The van der Waals surface area contributed by atoms with Gasteiger partial charge in [0.15, 0.2) is 4.96 Å². The molecule has 0 atom stereocenters. The number of aryl methyl sites for hydroxylation is 2. The third-order valence-electron chi connectivity index (χ3n) is 3.56. The highest BCUT2D eigenvalue weighted by molar-refractivity contribution is 7.17. The van der Waals surface area contributed by atoms with Gasteiger partial charge in [-0.15, -0.1) is 11.3 Å². The van der Waals surface area contributed by atoms with Gasteiger partial charge in [-0.3, -0.25) is 14.0 Å². The van der Waals surface area contributed by atoms with Crippen LogP contribution in [0.15, 0.2) is 41.3 Å². The highest BCUT2D eigenvalue weighted by atomic mass is 32.1. The molecule has 0 unspecified atom stereocenters. The molecule has 22 heavy (non-hydrogen) atoms. The monoisotopic (exact) mass is 313 g/mol. The van der Waals surface area contributed by atoms with Crippen LogP contribution in [-0.4, -0.2) is 15.3 Å². The van der Waals surface area contributed by atoms with Crippen LogP contribution >= 0.6 is 11.3 Å². The lowest BCUT2D eigenvalue weighted by Gasteiger charge is -2.05. The van der Waals surface area contributed by atoms with Crippen molar-refractivity contribution >= 4 is 22.2 Å². The number of fused-ring (bicyclic) bond motifs is 1. The number of nitrogens with zero attached hydrogens (tertiary/aromatic N) is 2. The van der Waals surface area contributed by atoms with E-state index in [-0.39, 0.29) is 11.1 Å². The van der Waals surface area contributed by atoms with Crippen LogP contribution in [0.2, 0.25) is 0 Å². The molecule has 1 aromatic carbocycles. The van der Waals surface area contributed by atoms with Gasteiger partial charge < -0.3 is 5.32 Å². The van der Waals surface area contributed by atoms with Gasteiger partial charge in [-0.05, 0) is 19.4 Å². The molecule has 3 aromatic rings. The smallest absolute Gasteiger partial charge is 0.271 e. The highest BCUT2D eigenvalue weighted by Gasteiger charge is 2.16. The summed E-state index contributed by atoms with van der Waals surface area (Å²) in [4.78, 5) is 30.6. The second kappa shape index (κ2) is 5.73. The molecule has 0 aliphatic rings. The van der Waals surface area contributed by atoms with Crippen molar-refractivity contribution in [3.05, 3.63) is 68.6 Å². The van der Waals surface area contributed by atoms with Crippen molar-refractivity contribution in [1.82, 2.24) is 14.7 Å². The minimum atomic E-state index is -0.404. The lowest BCUT2D eigenvalue weighted by molar-refractivity contribution is 0.0949. The van der Waals surface area contributed by atoms with E-state index >= 15 is 0 Å². The van der Waals surface area contributed by atoms with Crippen LogP contribution in [0, 0.1) is 13.8 Å². The summed E-state index contributed by atoms with van der Waals surface area (Å²) in [7, 11) is 0. The van der Waals surface area contributed by atoms with Crippen molar-refractivity contribution in [3.63, 3.8) is 0 Å². The maximum atomic E-state index is 12.5. The van der Waals surface area contributed by atoms with Crippen LogP contribution in [0.4, 0.5) is 0 Å². The molecule has 0 saturated heterocycles. The van der Waals surface area contributed by atoms with Crippen molar-refractivity contribution in [2.75, 3.05) is 0 Å². The summed E-state index contributed by atoms with van der Waals surface area (Å²) in [5.74, 6) is -0.404. The van der Waals surface area contributed by atoms with Gasteiger partial charge in [-0.25, -0.2) is 4.98 Å². The Morgan fingerprint density at radius 3 is 2.73 bits per heavy atom. The van der Waals surface area contributed by atoms with Gasteiger partial charge in [-0.1, -0.05) is 30.3 Å². The Bertz CT molecular complexity index is 897. The fraction of sp³-hybridized carbons (Fsp3) is 0.188. The number of carbonyl (C=O) groups excluding carboxylic acids is 1. The SMILES string of the molecule is Cc1sc2ncc(C(=O)NCc3ccccc3)c(=O)n2c1C. The van der Waals surface area contributed by atoms with Crippen LogP contribution in [0.3, 0.4) is 0 Å². The van der Waals surface area contributed by atoms with Crippen molar-refractivity contribution in [2.24, 2.45) is 0 Å². The maximum Gasteiger partial charge on any atom is 0.271 e. The molecule has 2 heterocycles. The summed E-state index contributed by atoms with van der Waals surface area (Å²) in [6.07, 6.45) is 1.35. The average molecular weight is 313 g/mol. The molecular weight excluding hydrogens is 298 g/mol. The van der Waals surface area contributed by atoms with E-state index in [1.54, 1.807) is 0 Å². The van der Waals surface area contributed by atoms with E-state index in [0.717, 1.165) is 16.1 Å². The van der Waals surface area contributed by atoms with Crippen molar-refractivity contribution in [2.45, 2.75) is 20.4 Å². The number of rotatable bonds is 3. The second-order valence-corrected chi connectivity index (χ2v) is 6.19. The highest BCUT2D eigenvalue weighted by Crippen LogP contribution is 2.18. The van der Waals surface area contributed by atoms with Crippen LogP contribution in [0.5, 0.6) is 0 Å². The van der Waals surface area contributed by atoms with Gasteiger partial charge in [0.25, 0.3) is 11.5 Å². The quantitative estimate of drug-likeness (QED) is 0.807. The lowest BCUT2D eigenvalue weighted by atomic mass is 10.2. The summed E-state index contributed by atoms with van der Waals surface area (Å²) in [5.41, 5.74) is 1.55. The van der Waals surface area contributed by atoms with Crippen molar-refractivity contribution < 1.29 is 4.79 Å². The predicted molar refractivity (Wildman–Crippen MR) is 86.4 cm³/mol. The number of hydrogen-bond donors (Lipinski definition) is 1. The molecule has 0 saturated carbocycles. The molecule has 5 nitrogen and oxygen atoms in total. The van der Waals surface area contributed by atoms with Crippen LogP contribution < -0.4 is 10.9 Å². The molecule has 6 heteroatoms. The maximum absolute atomic E-state index is 12.5. The molecule has 1 N–H and O–H groups in total. The third kappa shape index (κ3) is 2.53. The number of carbonyl (C=O) groups is 1. The van der Waals surface area contributed by atoms with E-state index in [1.807, 2.05) is 44.2 Å². The van der Waals surface area contributed by atoms with Gasteiger partial charge in [0, 0.05) is 23.3 Å². The van der Waals surface area contributed by atoms with Gasteiger partial charge in [-0.2, -0.15) is 0 Å². The van der Waals surface area contributed by atoms with Gasteiger partial charge in [0.2, 0.25) is 0 Å². The first-order valence-electron chi connectivity index (χ1n) is 6.88. The Hall–Kier alpha value is -2.47. The number of benzene rings is 1. The largest absolute Gasteiger partial charge is 0.348 e. The van der Waals surface area contributed by atoms with E-state index in [4.69, 9.17) is 0 Å². The summed E-state index contributed by atoms with van der Waals surface area (Å²) in [5, 5.41) is 2.76. The molecule has 1 amide bonds. The van der Waals surface area contributed by atoms with E-state index in [9.17, 15) is 9.59 Å². The van der Waals surface area contributed by atoms with Crippen LogP contribution in [0.1, 0.15) is 26.5 Å². The molecule has 112 valence electrons. The van der Waals surface area contributed by atoms with Gasteiger partial charge in [0.05, 0.1) is 0 Å².